The summed E-state index contributed by atoms with van der Waals surface area (Å²) >= 11 is 0. The van der Waals surface area contributed by atoms with E-state index in [-0.39, 0.29) is 11.3 Å². The molecular weight excluding hydrogens is 250 g/mol. The topological polar surface area (TPSA) is 38.7 Å². The van der Waals surface area contributed by atoms with Crippen LogP contribution in [0.3, 0.4) is 0 Å². The fourth-order valence-corrected chi connectivity index (χ4v) is 4.89. The van der Waals surface area contributed by atoms with E-state index in [1.165, 1.54) is 37.7 Å². The highest BCUT2D eigenvalue weighted by atomic mass is 16.5. The fraction of sp³-hybridized carbons (Fsp3) is 0.765. The zero-order valence-corrected chi connectivity index (χ0v) is 12.4. The second kappa shape index (κ2) is 4.19. The third-order valence-corrected chi connectivity index (χ3v) is 5.56. The maximum absolute atomic E-state index is 12.4. The van der Waals surface area contributed by atoms with Crippen molar-refractivity contribution in [3.63, 3.8) is 0 Å². The van der Waals surface area contributed by atoms with Crippen LogP contribution >= 0.6 is 0 Å². The SMILES string of the molecule is CC1(C)COC(C(=O)C=C2C3CC4CC(C3)CC2C4)=N1. The number of allylic oxidation sites excluding steroid dienone is 1. The quantitative estimate of drug-likeness (QED) is 0.725. The molecule has 4 aliphatic carbocycles. The summed E-state index contributed by atoms with van der Waals surface area (Å²) in [5.41, 5.74) is 1.17. The Morgan fingerprint density at radius 1 is 1.15 bits per heavy atom. The van der Waals surface area contributed by atoms with Gasteiger partial charge in [0.15, 0.2) is 0 Å². The molecule has 4 saturated carbocycles. The zero-order chi connectivity index (χ0) is 13.9. The minimum Gasteiger partial charge on any atom is -0.473 e. The molecule has 5 aliphatic rings. The molecule has 3 heteroatoms. The summed E-state index contributed by atoms with van der Waals surface area (Å²) in [6, 6.07) is 0. The molecule has 5 rings (SSSR count). The van der Waals surface area contributed by atoms with E-state index in [2.05, 4.69) is 4.99 Å². The van der Waals surface area contributed by atoms with E-state index in [0.29, 0.717) is 24.3 Å². The van der Waals surface area contributed by atoms with Crippen molar-refractivity contribution in [3.05, 3.63) is 11.6 Å². The van der Waals surface area contributed by atoms with Gasteiger partial charge in [-0.2, -0.15) is 0 Å². The van der Waals surface area contributed by atoms with Crippen molar-refractivity contribution >= 4 is 11.7 Å². The Morgan fingerprint density at radius 3 is 2.25 bits per heavy atom. The number of carbonyl (C=O) groups excluding carboxylic acids is 1. The van der Waals surface area contributed by atoms with Crippen molar-refractivity contribution in [2.75, 3.05) is 6.61 Å². The summed E-state index contributed by atoms with van der Waals surface area (Å²) in [6.07, 6.45) is 8.57. The molecule has 0 N–H and O–H groups in total. The van der Waals surface area contributed by atoms with Gasteiger partial charge >= 0.3 is 0 Å². The van der Waals surface area contributed by atoms with Gasteiger partial charge in [0, 0.05) is 0 Å². The van der Waals surface area contributed by atoms with E-state index in [1.54, 1.807) is 0 Å². The molecule has 1 aliphatic heterocycles. The Balaban J connectivity index is 1.57. The van der Waals surface area contributed by atoms with Gasteiger partial charge in [-0.15, -0.1) is 0 Å². The first kappa shape index (κ1) is 12.6. The number of hydrogen-bond acceptors (Lipinski definition) is 3. The molecule has 1 heterocycles. The van der Waals surface area contributed by atoms with Gasteiger partial charge < -0.3 is 4.74 Å². The molecule has 0 radical (unpaired) electrons. The minimum absolute atomic E-state index is 0.00181. The molecule has 0 spiro atoms. The van der Waals surface area contributed by atoms with Gasteiger partial charge in [-0.1, -0.05) is 5.57 Å². The van der Waals surface area contributed by atoms with Gasteiger partial charge in [0.25, 0.3) is 5.90 Å². The first-order chi connectivity index (χ1) is 9.50. The predicted molar refractivity (Wildman–Crippen MR) is 77.6 cm³/mol. The maximum atomic E-state index is 12.4. The van der Waals surface area contributed by atoms with Crippen LogP contribution in [0.2, 0.25) is 0 Å². The summed E-state index contributed by atoms with van der Waals surface area (Å²) < 4.78 is 5.48. The standard InChI is InChI=1S/C17H23NO2/c1-17(2)9-20-16(18-17)15(19)8-14-12-4-10-3-11(6-12)7-13(14)5-10/h8,10-13H,3-7,9H2,1-2H3. The van der Waals surface area contributed by atoms with Crippen molar-refractivity contribution in [3.8, 4) is 0 Å². The monoisotopic (exact) mass is 273 g/mol. The summed E-state index contributed by atoms with van der Waals surface area (Å²) in [7, 11) is 0. The molecule has 3 nitrogen and oxygen atoms in total. The highest BCUT2D eigenvalue weighted by Gasteiger charge is 2.45. The normalized spacial score (nSPS) is 40.5. The lowest BCUT2D eigenvalue weighted by atomic mass is 9.54. The zero-order valence-electron chi connectivity index (χ0n) is 12.4. The number of hydrogen-bond donors (Lipinski definition) is 0. The Labute approximate surface area is 120 Å². The molecule has 0 amide bonds. The Hall–Kier alpha value is -1.12. The minimum atomic E-state index is -0.242. The second-order valence-electron chi connectivity index (χ2n) is 7.83. The lowest BCUT2D eigenvalue weighted by Gasteiger charge is -2.51. The molecule has 4 bridgehead atoms. The van der Waals surface area contributed by atoms with Crippen LogP contribution in [0.1, 0.15) is 46.0 Å². The van der Waals surface area contributed by atoms with E-state index >= 15 is 0 Å². The largest absolute Gasteiger partial charge is 0.473 e. The highest BCUT2D eigenvalue weighted by molar-refractivity contribution is 6.41. The number of aliphatic imine (C=N–C) groups is 1. The number of rotatable bonds is 2. The fourth-order valence-electron chi connectivity index (χ4n) is 4.89. The molecule has 0 unspecified atom stereocenters. The van der Waals surface area contributed by atoms with Crippen LogP contribution < -0.4 is 0 Å². The van der Waals surface area contributed by atoms with Crippen molar-refractivity contribution in [1.29, 1.82) is 0 Å². The molecule has 0 atom stereocenters. The van der Waals surface area contributed by atoms with Gasteiger partial charge in [0.2, 0.25) is 5.78 Å². The molecule has 108 valence electrons. The van der Waals surface area contributed by atoms with E-state index in [9.17, 15) is 4.79 Å². The van der Waals surface area contributed by atoms with Gasteiger partial charge in [0.1, 0.15) is 6.61 Å². The van der Waals surface area contributed by atoms with Crippen LogP contribution in [0.4, 0.5) is 0 Å². The average Bonchev–Trinajstić information content (AvgIpc) is 2.73. The van der Waals surface area contributed by atoms with Crippen LogP contribution in [0.15, 0.2) is 16.6 Å². The van der Waals surface area contributed by atoms with Crippen LogP contribution in [0.25, 0.3) is 0 Å². The van der Waals surface area contributed by atoms with E-state index in [0.717, 1.165) is 11.8 Å². The molecule has 0 saturated heterocycles. The smallest absolute Gasteiger partial charge is 0.258 e. The Kier molecular flexibility index (Phi) is 2.64. The van der Waals surface area contributed by atoms with E-state index in [1.807, 2.05) is 19.9 Å². The molecule has 4 fully saturated rings. The Morgan fingerprint density at radius 2 is 1.75 bits per heavy atom. The summed E-state index contributed by atoms with van der Waals surface area (Å²) in [5.74, 6) is 3.54. The predicted octanol–water partition coefficient (Wildman–Crippen LogP) is 3.15. The third kappa shape index (κ3) is 2.02. The maximum Gasteiger partial charge on any atom is 0.258 e. The molecular formula is C17H23NO2. The Bertz CT molecular complexity index is 485. The first-order valence-corrected chi connectivity index (χ1v) is 7.98. The van der Waals surface area contributed by atoms with Crippen molar-refractivity contribution in [2.24, 2.45) is 28.7 Å². The lowest BCUT2D eigenvalue weighted by Crippen LogP contribution is -2.40. The van der Waals surface area contributed by atoms with Gasteiger partial charge in [-0.3, -0.25) is 4.79 Å². The van der Waals surface area contributed by atoms with Gasteiger partial charge in [-0.25, -0.2) is 4.99 Å². The molecule has 0 aromatic rings. The van der Waals surface area contributed by atoms with Crippen LogP contribution in [0.5, 0.6) is 0 Å². The first-order valence-electron chi connectivity index (χ1n) is 7.98. The van der Waals surface area contributed by atoms with E-state index in [4.69, 9.17) is 4.74 Å². The molecule has 0 aromatic heterocycles. The van der Waals surface area contributed by atoms with Crippen LogP contribution in [-0.4, -0.2) is 23.8 Å². The average molecular weight is 273 g/mol. The van der Waals surface area contributed by atoms with Crippen molar-refractivity contribution < 1.29 is 9.53 Å². The third-order valence-electron chi connectivity index (χ3n) is 5.56. The van der Waals surface area contributed by atoms with E-state index < -0.39 is 0 Å². The highest BCUT2D eigenvalue weighted by Crippen LogP contribution is 2.56. The number of nitrogens with zero attached hydrogens (tertiary/aromatic N) is 1. The van der Waals surface area contributed by atoms with Crippen molar-refractivity contribution in [2.45, 2.75) is 51.5 Å². The number of carbonyl (C=O) groups is 1. The summed E-state index contributed by atoms with van der Waals surface area (Å²) in [4.78, 5) is 16.8. The number of ether oxygens (including phenoxy) is 1. The molecule has 20 heavy (non-hydrogen) atoms. The van der Waals surface area contributed by atoms with Crippen LogP contribution in [0, 0.1) is 23.7 Å². The summed E-state index contributed by atoms with van der Waals surface area (Å²) in [6.45, 7) is 4.53. The lowest BCUT2D eigenvalue weighted by molar-refractivity contribution is -0.110. The number of ketones is 1. The van der Waals surface area contributed by atoms with Crippen molar-refractivity contribution in [1.82, 2.24) is 0 Å². The van der Waals surface area contributed by atoms with Gasteiger partial charge in [-0.05, 0) is 75.7 Å². The molecule has 0 aromatic carbocycles. The van der Waals surface area contributed by atoms with Gasteiger partial charge in [0.05, 0.1) is 5.54 Å². The van der Waals surface area contributed by atoms with Crippen LogP contribution in [-0.2, 0) is 9.53 Å². The summed E-state index contributed by atoms with van der Waals surface area (Å²) in [5, 5.41) is 0. The second-order valence-corrected chi connectivity index (χ2v) is 7.83.